The van der Waals surface area contributed by atoms with Crippen LogP contribution >= 0.6 is 0 Å². The number of nitrogens with one attached hydrogen (secondary N) is 1. The van der Waals surface area contributed by atoms with Crippen molar-refractivity contribution in [2.45, 2.75) is 77.3 Å². The molecule has 2 unspecified atom stereocenters. The largest absolute Gasteiger partial charge is 0.379 e. The Labute approximate surface area is 188 Å². The predicted molar refractivity (Wildman–Crippen MR) is 119 cm³/mol. The minimum atomic E-state index is 0.0523. The molecule has 2 amide bonds. The number of aromatic nitrogens is 3. The van der Waals surface area contributed by atoms with Gasteiger partial charge in [0.2, 0.25) is 11.8 Å². The number of rotatable bonds is 6. The molecule has 0 radical (unpaired) electrons. The summed E-state index contributed by atoms with van der Waals surface area (Å²) in [5.41, 5.74) is 4.77. The summed E-state index contributed by atoms with van der Waals surface area (Å²) in [4.78, 5) is 32.0. The Morgan fingerprint density at radius 2 is 2.03 bits per heavy atom. The van der Waals surface area contributed by atoms with E-state index in [0.29, 0.717) is 25.4 Å². The van der Waals surface area contributed by atoms with Gasteiger partial charge in [0.1, 0.15) is 0 Å². The van der Waals surface area contributed by atoms with E-state index in [1.54, 1.807) is 0 Å². The van der Waals surface area contributed by atoms with E-state index in [-0.39, 0.29) is 23.9 Å². The SMILES string of the molecule is Cc1nc2cc(C3CCCN3C(=O)C3CC3)nn2c(C)c1CCC(=O)NC1CCCOC1. The lowest BCUT2D eigenvalue weighted by Gasteiger charge is -2.23. The molecule has 0 spiro atoms. The standard InChI is InChI=1S/C24H33N5O3/c1-15-19(9-10-23(30)26-18-5-4-12-32-14-18)16(2)29-22(25-15)13-20(27-29)21-6-3-11-28(21)24(31)17-7-8-17/h13,17-18,21H,3-12,14H2,1-2H3,(H,26,30). The first-order valence-electron chi connectivity index (χ1n) is 12.0. The van der Waals surface area contributed by atoms with E-state index in [2.05, 4.69) is 5.32 Å². The maximum absolute atomic E-state index is 12.7. The summed E-state index contributed by atoms with van der Waals surface area (Å²) in [5, 5.41) is 7.96. The lowest BCUT2D eigenvalue weighted by molar-refractivity contribution is -0.133. The van der Waals surface area contributed by atoms with Crippen LogP contribution in [-0.4, -0.2) is 57.1 Å². The molecule has 0 aromatic carbocycles. The molecule has 1 saturated carbocycles. The lowest BCUT2D eigenvalue weighted by Crippen LogP contribution is -2.40. The van der Waals surface area contributed by atoms with E-state index >= 15 is 0 Å². The third kappa shape index (κ3) is 4.25. The molecule has 2 atom stereocenters. The fourth-order valence-electron chi connectivity index (χ4n) is 5.16. The average Bonchev–Trinajstić information content (AvgIpc) is 3.36. The van der Waals surface area contributed by atoms with Gasteiger partial charge in [-0.1, -0.05) is 0 Å². The molecule has 3 fully saturated rings. The first-order chi connectivity index (χ1) is 15.5. The lowest BCUT2D eigenvalue weighted by atomic mass is 10.1. The molecule has 1 aliphatic carbocycles. The number of nitrogens with zero attached hydrogens (tertiary/aromatic N) is 4. The molecule has 0 bridgehead atoms. The molecular weight excluding hydrogens is 406 g/mol. The van der Waals surface area contributed by atoms with Crippen LogP contribution < -0.4 is 5.32 Å². The van der Waals surface area contributed by atoms with Gasteiger partial charge in [0, 0.05) is 42.9 Å². The van der Waals surface area contributed by atoms with Crippen LogP contribution in [0.25, 0.3) is 5.65 Å². The number of amides is 2. The quantitative estimate of drug-likeness (QED) is 0.748. The summed E-state index contributed by atoms with van der Waals surface area (Å²) < 4.78 is 7.35. The third-order valence-corrected chi connectivity index (χ3v) is 7.11. The smallest absolute Gasteiger partial charge is 0.226 e. The van der Waals surface area contributed by atoms with Gasteiger partial charge >= 0.3 is 0 Å². The highest BCUT2D eigenvalue weighted by molar-refractivity contribution is 5.81. The fourth-order valence-corrected chi connectivity index (χ4v) is 5.16. The highest BCUT2D eigenvalue weighted by atomic mass is 16.5. The van der Waals surface area contributed by atoms with Crippen molar-refractivity contribution in [2.75, 3.05) is 19.8 Å². The first-order valence-corrected chi connectivity index (χ1v) is 12.0. The molecule has 172 valence electrons. The van der Waals surface area contributed by atoms with Crippen LogP contribution in [0.5, 0.6) is 0 Å². The first kappa shape index (κ1) is 21.4. The molecule has 4 heterocycles. The highest BCUT2D eigenvalue weighted by Gasteiger charge is 2.39. The Morgan fingerprint density at radius 3 is 2.78 bits per heavy atom. The van der Waals surface area contributed by atoms with Gasteiger partial charge in [-0.25, -0.2) is 9.50 Å². The number of carbonyl (C=O) groups excluding carboxylic acids is 2. The van der Waals surface area contributed by atoms with Gasteiger partial charge in [-0.3, -0.25) is 9.59 Å². The van der Waals surface area contributed by atoms with Crippen molar-refractivity contribution in [3.05, 3.63) is 28.7 Å². The predicted octanol–water partition coefficient (Wildman–Crippen LogP) is 2.65. The Morgan fingerprint density at radius 1 is 1.19 bits per heavy atom. The van der Waals surface area contributed by atoms with Gasteiger partial charge in [0.25, 0.3) is 0 Å². The van der Waals surface area contributed by atoms with Crippen LogP contribution in [0.2, 0.25) is 0 Å². The third-order valence-electron chi connectivity index (χ3n) is 7.11. The van der Waals surface area contributed by atoms with E-state index in [0.717, 1.165) is 80.0 Å². The molecular formula is C24H33N5O3. The van der Waals surface area contributed by atoms with Gasteiger partial charge in [-0.2, -0.15) is 5.10 Å². The maximum atomic E-state index is 12.7. The van der Waals surface area contributed by atoms with Crippen molar-refractivity contribution in [2.24, 2.45) is 5.92 Å². The van der Waals surface area contributed by atoms with Gasteiger partial charge in [-0.05, 0) is 64.4 Å². The van der Waals surface area contributed by atoms with Crippen molar-refractivity contribution in [3.8, 4) is 0 Å². The molecule has 3 aliphatic rings. The minimum absolute atomic E-state index is 0.0523. The van der Waals surface area contributed by atoms with Crippen LogP contribution in [-0.2, 0) is 20.7 Å². The van der Waals surface area contributed by atoms with Crippen LogP contribution in [0.3, 0.4) is 0 Å². The number of hydrogen-bond donors (Lipinski definition) is 1. The van der Waals surface area contributed by atoms with Crippen LogP contribution in [0.15, 0.2) is 6.07 Å². The zero-order valence-corrected chi connectivity index (χ0v) is 19.1. The Kier molecular flexibility index (Phi) is 5.88. The topological polar surface area (TPSA) is 88.8 Å². The van der Waals surface area contributed by atoms with Gasteiger partial charge in [-0.15, -0.1) is 0 Å². The number of fused-ring (bicyclic) bond motifs is 1. The maximum Gasteiger partial charge on any atom is 0.226 e. The molecule has 2 aromatic heterocycles. The van der Waals surface area contributed by atoms with Gasteiger partial charge in [0.15, 0.2) is 5.65 Å². The van der Waals surface area contributed by atoms with E-state index in [4.69, 9.17) is 14.8 Å². The van der Waals surface area contributed by atoms with Crippen LogP contribution in [0, 0.1) is 19.8 Å². The van der Waals surface area contributed by atoms with E-state index in [9.17, 15) is 9.59 Å². The van der Waals surface area contributed by atoms with Crippen molar-refractivity contribution in [1.82, 2.24) is 24.8 Å². The molecule has 5 rings (SSSR count). The normalized spacial score (nSPS) is 23.6. The summed E-state index contributed by atoms with van der Waals surface area (Å²) in [7, 11) is 0. The molecule has 2 saturated heterocycles. The summed E-state index contributed by atoms with van der Waals surface area (Å²) in [6.07, 6.45) is 7.06. The molecule has 1 N–H and O–H groups in total. The second-order valence-corrected chi connectivity index (χ2v) is 9.55. The summed E-state index contributed by atoms with van der Waals surface area (Å²) in [5.74, 6) is 0.578. The molecule has 2 aliphatic heterocycles. The summed E-state index contributed by atoms with van der Waals surface area (Å²) in [6.45, 7) is 6.26. The Balaban J connectivity index is 1.31. The molecule has 2 aromatic rings. The van der Waals surface area contributed by atoms with E-state index in [1.165, 1.54) is 0 Å². The van der Waals surface area contributed by atoms with Crippen molar-refractivity contribution in [3.63, 3.8) is 0 Å². The summed E-state index contributed by atoms with van der Waals surface area (Å²) in [6, 6.07) is 2.21. The molecule has 8 heteroatoms. The zero-order chi connectivity index (χ0) is 22.2. The number of aryl methyl sites for hydroxylation is 2. The Hall–Kier alpha value is -2.48. The second kappa shape index (κ2) is 8.81. The number of carbonyl (C=O) groups is 2. The van der Waals surface area contributed by atoms with Gasteiger partial charge < -0.3 is 15.0 Å². The highest BCUT2D eigenvalue weighted by Crippen LogP contribution is 2.38. The fraction of sp³-hybridized carbons (Fsp3) is 0.667. The monoisotopic (exact) mass is 439 g/mol. The van der Waals surface area contributed by atoms with E-state index in [1.807, 2.05) is 29.3 Å². The van der Waals surface area contributed by atoms with Crippen molar-refractivity contribution in [1.29, 1.82) is 0 Å². The number of ether oxygens (including phenoxy) is 1. The summed E-state index contributed by atoms with van der Waals surface area (Å²) >= 11 is 0. The van der Waals surface area contributed by atoms with Crippen molar-refractivity contribution < 1.29 is 14.3 Å². The number of likely N-dealkylation sites (tertiary alicyclic amines) is 1. The Bertz CT molecular complexity index is 1020. The van der Waals surface area contributed by atoms with Crippen LogP contribution in [0.4, 0.5) is 0 Å². The minimum Gasteiger partial charge on any atom is -0.379 e. The van der Waals surface area contributed by atoms with Gasteiger partial charge in [0.05, 0.1) is 24.4 Å². The molecule has 32 heavy (non-hydrogen) atoms. The second-order valence-electron chi connectivity index (χ2n) is 9.55. The van der Waals surface area contributed by atoms with E-state index < -0.39 is 0 Å². The molecule has 8 nitrogen and oxygen atoms in total. The van der Waals surface area contributed by atoms with Crippen LogP contribution in [0.1, 0.15) is 73.6 Å². The number of hydrogen-bond acceptors (Lipinski definition) is 5. The van der Waals surface area contributed by atoms with Crippen molar-refractivity contribution >= 4 is 17.5 Å². The zero-order valence-electron chi connectivity index (χ0n) is 19.1. The average molecular weight is 440 g/mol.